The van der Waals surface area contributed by atoms with Crippen molar-refractivity contribution >= 4 is 52.0 Å². The Kier molecular flexibility index (Phi) is 13.0. The summed E-state index contributed by atoms with van der Waals surface area (Å²) in [5.41, 5.74) is 1.93. The number of hydrogen-bond donors (Lipinski definition) is 0. The molecular formula is C42H48O11. The Morgan fingerprint density at radius 3 is 1.68 bits per heavy atom. The van der Waals surface area contributed by atoms with Gasteiger partial charge in [0.05, 0.1) is 0 Å². The van der Waals surface area contributed by atoms with E-state index in [0.29, 0.717) is 52.4 Å². The van der Waals surface area contributed by atoms with Crippen molar-refractivity contribution in [1.29, 1.82) is 0 Å². The van der Waals surface area contributed by atoms with E-state index in [-0.39, 0.29) is 48.8 Å². The molecule has 0 amide bonds. The zero-order valence-electron chi connectivity index (χ0n) is 31.8. The van der Waals surface area contributed by atoms with Crippen molar-refractivity contribution in [2.75, 3.05) is 0 Å². The first kappa shape index (κ1) is 40.5. The second-order valence-corrected chi connectivity index (χ2v) is 14.0. The maximum Gasteiger partial charge on any atom is 0.313 e. The molecule has 2 aliphatic heterocycles. The van der Waals surface area contributed by atoms with Crippen molar-refractivity contribution in [3.8, 4) is 17.2 Å². The van der Waals surface area contributed by atoms with Crippen molar-refractivity contribution in [2.24, 2.45) is 0 Å². The standard InChI is InChI=1S/C21H24O5.C15H14O3.C6H10O3/c1-5-16(22)24-19-14-10-8-7-9-13(14)18-15(11-12-21(3,4)26-18)20(19)25-17(23)6-2;1-15(2)8-7-11-13(17)12(16)9-5-3-4-6-10(9)14(11)18-15;1-3-5(7)9-6(8)4-2/h7-10H,5-6,11-12H2,1-4H3;3-6H,7-8H2,1-2H3;3-4H2,1-2H3. The Bertz CT molecular complexity index is 1950. The normalized spacial score (nSPS) is 16.1. The van der Waals surface area contributed by atoms with Crippen LogP contribution in [0.1, 0.15) is 122 Å². The van der Waals surface area contributed by atoms with Crippen LogP contribution in [-0.2, 0) is 39.9 Å². The van der Waals surface area contributed by atoms with Crippen LogP contribution in [0.3, 0.4) is 0 Å². The van der Waals surface area contributed by atoms with Crippen LogP contribution in [0.25, 0.3) is 16.5 Å². The predicted octanol–water partition coefficient (Wildman–Crippen LogP) is 8.20. The number of ketones is 2. The molecule has 3 aliphatic rings. The van der Waals surface area contributed by atoms with E-state index in [1.807, 2.05) is 64.1 Å². The van der Waals surface area contributed by atoms with Gasteiger partial charge in [-0.15, -0.1) is 0 Å². The Labute approximate surface area is 310 Å². The SMILES string of the molecule is CC1(C)CCC2=C(O1)c1ccccc1C(=O)C2=O.CCC(=O)OC(=O)CC.CCC(=O)Oc1c2c(c3ccccc3c1OC(=O)CC)OC(C)(C)CC2. The zero-order chi connectivity index (χ0) is 39.1. The summed E-state index contributed by atoms with van der Waals surface area (Å²) in [5, 5.41) is 1.55. The zero-order valence-corrected chi connectivity index (χ0v) is 31.8. The molecule has 3 aromatic rings. The lowest BCUT2D eigenvalue weighted by atomic mass is 9.82. The predicted molar refractivity (Wildman–Crippen MR) is 198 cm³/mol. The minimum absolute atomic E-state index is 0.231. The molecule has 282 valence electrons. The van der Waals surface area contributed by atoms with Crippen molar-refractivity contribution in [3.05, 3.63) is 70.8 Å². The van der Waals surface area contributed by atoms with Crippen LogP contribution < -0.4 is 14.2 Å². The van der Waals surface area contributed by atoms with Crippen molar-refractivity contribution in [3.63, 3.8) is 0 Å². The van der Waals surface area contributed by atoms with Gasteiger partial charge in [-0.2, -0.15) is 0 Å². The molecule has 0 fully saturated rings. The number of Topliss-reactive ketones (excluding diaryl/α,β-unsaturated/α-hetero) is 2. The fourth-order valence-electron chi connectivity index (χ4n) is 5.85. The smallest absolute Gasteiger partial charge is 0.313 e. The second kappa shape index (κ2) is 17.0. The van der Waals surface area contributed by atoms with E-state index in [1.165, 1.54) is 0 Å². The molecule has 0 unspecified atom stereocenters. The molecule has 11 nitrogen and oxygen atoms in total. The van der Waals surface area contributed by atoms with E-state index in [1.54, 1.807) is 39.8 Å². The van der Waals surface area contributed by atoms with E-state index in [9.17, 15) is 28.8 Å². The molecular weight excluding hydrogens is 680 g/mol. The number of benzene rings is 3. The van der Waals surface area contributed by atoms with Gasteiger partial charge in [-0.05, 0) is 53.4 Å². The molecule has 0 radical (unpaired) electrons. The van der Waals surface area contributed by atoms with E-state index >= 15 is 0 Å². The summed E-state index contributed by atoms with van der Waals surface area (Å²) in [6.45, 7) is 14.8. The molecule has 0 saturated carbocycles. The number of ether oxygens (including phenoxy) is 5. The van der Waals surface area contributed by atoms with Crippen LogP contribution >= 0.6 is 0 Å². The average molecular weight is 729 g/mol. The van der Waals surface area contributed by atoms with Crippen molar-refractivity contribution in [1.82, 2.24) is 0 Å². The first-order valence-electron chi connectivity index (χ1n) is 18.1. The summed E-state index contributed by atoms with van der Waals surface area (Å²) in [6.07, 6.45) is 3.79. The van der Waals surface area contributed by atoms with Crippen LogP contribution in [0.15, 0.2) is 54.1 Å². The van der Waals surface area contributed by atoms with Gasteiger partial charge in [-0.25, -0.2) is 0 Å². The number of rotatable bonds is 6. The molecule has 2 heterocycles. The Morgan fingerprint density at radius 1 is 0.604 bits per heavy atom. The van der Waals surface area contributed by atoms with Crippen LogP contribution in [-0.4, -0.2) is 46.6 Å². The van der Waals surface area contributed by atoms with Gasteiger partial charge in [0, 0.05) is 58.7 Å². The van der Waals surface area contributed by atoms with Crippen LogP contribution in [0, 0.1) is 0 Å². The Hall–Kier alpha value is -5.32. The largest absolute Gasteiger partial charge is 0.487 e. The highest BCUT2D eigenvalue weighted by atomic mass is 16.6. The minimum atomic E-state index is -0.457. The summed E-state index contributed by atoms with van der Waals surface area (Å²) in [6, 6.07) is 14.7. The Morgan fingerprint density at radius 2 is 1.09 bits per heavy atom. The first-order chi connectivity index (χ1) is 25.1. The monoisotopic (exact) mass is 728 g/mol. The molecule has 0 spiro atoms. The third-order valence-corrected chi connectivity index (χ3v) is 8.87. The lowest BCUT2D eigenvalue weighted by Gasteiger charge is -2.36. The summed E-state index contributed by atoms with van der Waals surface area (Å²) in [5.74, 6) is -0.560. The Balaban J connectivity index is 0.000000201. The lowest BCUT2D eigenvalue weighted by molar-refractivity contribution is -0.159. The molecule has 0 N–H and O–H groups in total. The van der Waals surface area contributed by atoms with Crippen molar-refractivity contribution in [2.45, 2.75) is 118 Å². The summed E-state index contributed by atoms with van der Waals surface area (Å²) >= 11 is 0. The van der Waals surface area contributed by atoms with Gasteiger partial charge in [-0.1, -0.05) is 76.2 Å². The van der Waals surface area contributed by atoms with Gasteiger partial charge in [0.15, 0.2) is 11.5 Å². The van der Waals surface area contributed by atoms with E-state index in [4.69, 9.17) is 18.9 Å². The fraction of sp³-hybridized carbons (Fsp3) is 0.429. The van der Waals surface area contributed by atoms with Gasteiger partial charge >= 0.3 is 23.9 Å². The third kappa shape index (κ3) is 9.57. The van der Waals surface area contributed by atoms with E-state index < -0.39 is 23.5 Å². The lowest BCUT2D eigenvalue weighted by Crippen LogP contribution is -2.34. The second-order valence-electron chi connectivity index (χ2n) is 14.0. The minimum Gasteiger partial charge on any atom is -0.487 e. The highest BCUT2D eigenvalue weighted by Crippen LogP contribution is 2.50. The van der Waals surface area contributed by atoms with Gasteiger partial charge in [0.25, 0.3) is 0 Å². The quantitative estimate of drug-likeness (QED) is 0.105. The molecule has 0 aromatic heterocycles. The number of allylic oxidation sites excluding steroid dienone is 1. The number of carbonyl (C=O) groups excluding carboxylic acids is 6. The molecule has 0 bridgehead atoms. The van der Waals surface area contributed by atoms with Crippen molar-refractivity contribution < 1.29 is 52.5 Å². The molecule has 0 atom stereocenters. The van der Waals surface area contributed by atoms with Crippen LogP contribution in [0.4, 0.5) is 0 Å². The van der Waals surface area contributed by atoms with E-state index in [0.717, 1.165) is 29.4 Å². The fourth-order valence-corrected chi connectivity index (χ4v) is 5.85. The maximum absolute atomic E-state index is 12.0. The van der Waals surface area contributed by atoms with Gasteiger partial charge in [0.2, 0.25) is 11.6 Å². The number of hydrogen-bond acceptors (Lipinski definition) is 11. The molecule has 1 aliphatic carbocycles. The van der Waals surface area contributed by atoms with Crippen LogP contribution in [0.5, 0.6) is 17.2 Å². The third-order valence-electron chi connectivity index (χ3n) is 8.87. The van der Waals surface area contributed by atoms with E-state index in [2.05, 4.69) is 4.74 Å². The number of esters is 4. The summed E-state index contributed by atoms with van der Waals surface area (Å²) < 4.78 is 27.7. The van der Waals surface area contributed by atoms with Gasteiger partial charge < -0.3 is 23.7 Å². The topological polar surface area (TPSA) is 149 Å². The molecule has 53 heavy (non-hydrogen) atoms. The van der Waals surface area contributed by atoms with Gasteiger partial charge in [-0.3, -0.25) is 28.8 Å². The molecule has 3 aromatic carbocycles. The molecule has 0 saturated heterocycles. The van der Waals surface area contributed by atoms with Gasteiger partial charge in [0.1, 0.15) is 22.7 Å². The maximum atomic E-state index is 12.0. The molecule has 6 rings (SSSR count). The first-order valence-corrected chi connectivity index (χ1v) is 18.1. The highest BCUT2D eigenvalue weighted by Gasteiger charge is 2.39. The molecule has 11 heteroatoms. The van der Waals surface area contributed by atoms with Crippen LogP contribution in [0.2, 0.25) is 0 Å². The summed E-state index contributed by atoms with van der Waals surface area (Å²) in [7, 11) is 0. The number of carbonyl (C=O) groups is 6. The number of fused-ring (bicyclic) bond motifs is 5. The average Bonchev–Trinajstić information content (AvgIpc) is 3.14. The highest BCUT2D eigenvalue weighted by molar-refractivity contribution is 6.52. The summed E-state index contributed by atoms with van der Waals surface area (Å²) in [4.78, 5) is 68.8.